The van der Waals surface area contributed by atoms with E-state index in [0.29, 0.717) is 30.4 Å². The standard InChI is InChI=1S/C18H22N2O4S/c1-2-24-18(22)15-10-12-9-13(3-4-14(12)25-15)20-17(21)16(19)11-5-7-23-8-6-11/h3-4,9-11,16H,2,5-8,19H2,1H3,(H,20,21). The lowest BCUT2D eigenvalue weighted by atomic mass is 9.92. The molecule has 1 fully saturated rings. The molecule has 1 unspecified atom stereocenters. The predicted octanol–water partition coefficient (Wildman–Crippen LogP) is 2.77. The summed E-state index contributed by atoms with van der Waals surface area (Å²) in [6.07, 6.45) is 1.61. The molecule has 7 heteroatoms. The molecule has 2 heterocycles. The molecule has 0 saturated carbocycles. The van der Waals surface area contributed by atoms with Gasteiger partial charge in [-0.15, -0.1) is 11.3 Å². The summed E-state index contributed by atoms with van der Waals surface area (Å²) >= 11 is 1.38. The van der Waals surface area contributed by atoms with Gasteiger partial charge < -0.3 is 20.5 Å². The van der Waals surface area contributed by atoms with Crippen LogP contribution in [-0.4, -0.2) is 37.7 Å². The summed E-state index contributed by atoms with van der Waals surface area (Å²) in [4.78, 5) is 24.8. The van der Waals surface area contributed by atoms with Crippen LogP contribution >= 0.6 is 11.3 Å². The van der Waals surface area contributed by atoms with Crippen molar-refractivity contribution in [3.05, 3.63) is 29.1 Å². The van der Waals surface area contributed by atoms with Crippen LogP contribution in [-0.2, 0) is 14.3 Å². The van der Waals surface area contributed by atoms with E-state index < -0.39 is 6.04 Å². The molecule has 0 aliphatic carbocycles. The SMILES string of the molecule is CCOC(=O)c1cc2cc(NC(=O)C(N)C3CCOCC3)ccc2s1. The van der Waals surface area contributed by atoms with Crippen LogP contribution in [0.3, 0.4) is 0 Å². The van der Waals surface area contributed by atoms with Gasteiger partial charge in [-0.05, 0) is 55.3 Å². The Hall–Kier alpha value is -1.96. The Labute approximate surface area is 150 Å². The first-order valence-electron chi connectivity index (χ1n) is 8.43. The van der Waals surface area contributed by atoms with Crippen LogP contribution in [0.1, 0.15) is 29.4 Å². The van der Waals surface area contributed by atoms with Gasteiger partial charge >= 0.3 is 5.97 Å². The van der Waals surface area contributed by atoms with Gasteiger partial charge in [0.15, 0.2) is 0 Å². The number of nitrogens with two attached hydrogens (primary N) is 1. The van der Waals surface area contributed by atoms with Crippen molar-refractivity contribution in [2.45, 2.75) is 25.8 Å². The molecule has 0 spiro atoms. The lowest BCUT2D eigenvalue weighted by molar-refractivity contribution is -0.119. The van der Waals surface area contributed by atoms with Crippen molar-refractivity contribution < 1.29 is 19.1 Å². The Kier molecular flexibility index (Phi) is 5.67. The molecular formula is C18H22N2O4S. The molecule has 1 aliphatic heterocycles. The first-order chi connectivity index (χ1) is 12.1. The molecule has 1 atom stereocenters. The number of thiophene rings is 1. The summed E-state index contributed by atoms with van der Waals surface area (Å²) in [5.74, 6) is -0.364. The van der Waals surface area contributed by atoms with Crippen molar-refractivity contribution in [3.8, 4) is 0 Å². The van der Waals surface area contributed by atoms with E-state index >= 15 is 0 Å². The number of carbonyl (C=O) groups excluding carboxylic acids is 2. The highest BCUT2D eigenvalue weighted by atomic mass is 32.1. The zero-order valence-corrected chi connectivity index (χ0v) is 14.9. The normalized spacial score (nSPS) is 16.6. The molecule has 1 amide bonds. The van der Waals surface area contributed by atoms with E-state index in [9.17, 15) is 9.59 Å². The van der Waals surface area contributed by atoms with Crippen molar-refractivity contribution in [2.75, 3.05) is 25.1 Å². The van der Waals surface area contributed by atoms with Crippen LogP contribution in [0, 0.1) is 5.92 Å². The Balaban J connectivity index is 1.70. The molecule has 25 heavy (non-hydrogen) atoms. The second-order valence-corrected chi connectivity index (χ2v) is 7.13. The summed E-state index contributed by atoms with van der Waals surface area (Å²) in [5, 5.41) is 3.77. The fraction of sp³-hybridized carbons (Fsp3) is 0.444. The van der Waals surface area contributed by atoms with Crippen LogP contribution in [0.4, 0.5) is 5.69 Å². The number of esters is 1. The fourth-order valence-electron chi connectivity index (χ4n) is 2.94. The number of amides is 1. The first kappa shape index (κ1) is 17.8. The highest BCUT2D eigenvalue weighted by molar-refractivity contribution is 7.20. The molecule has 2 aromatic rings. The third-order valence-corrected chi connectivity index (χ3v) is 5.43. The van der Waals surface area contributed by atoms with Crippen molar-refractivity contribution in [3.63, 3.8) is 0 Å². The summed E-state index contributed by atoms with van der Waals surface area (Å²) in [6.45, 7) is 3.44. The van der Waals surface area contributed by atoms with E-state index in [1.54, 1.807) is 13.0 Å². The second kappa shape index (κ2) is 7.95. The van der Waals surface area contributed by atoms with Crippen molar-refractivity contribution in [1.82, 2.24) is 0 Å². The second-order valence-electron chi connectivity index (χ2n) is 6.05. The number of hydrogen-bond acceptors (Lipinski definition) is 6. The number of anilines is 1. The van der Waals surface area contributed by atoms with E-state index in [1.165, 1.54) is 11.3 Å². The maximum Gasteiger partial charge on any atom is 0.348 e. The molecule has 134 valence electrons. The lowest BCUT2D eigenvalue weighted by Gasteiger charge is -2.26. The largest absolute Gasteiger partial charge is 0.462 e. The zero-order chi connectivity index (χ0) is 17.8. The van der Waals surface area contributed by atoms with Crippen molar-refractivity contribution >= 4 is 39.0 Å². The summed E-state index contributed by atoms with van der Waals surface area (Å²) in [6, 6.07) is 6.80. The van der Waals surface area contributed by atoms with Crippen molar-refractivity contribution in [2.24, 2.45) is 11.7 Å². The number of hydrogen-bond donors (Lipinski definition) is 2. The van der Waals surface area contributed by atoms with E-state index in [4.69, 9.17) is 15.2 Å². The van der Waals surface area contributed by atoms with Gasteiger partial charge in [-0.1, -0.05) is 0 Å². The van der Waals surface area contributed by atoms with Gasteiger partial charge in [0, 0.05) is 23.6 Å². The zero-order valence-electron chi connectivity index (χ0n) is 14.1. The topological polar surface area (TPSA) is 90.7 Å². The van der Waals surface area contributed by atoms with Gasteiger partial charge in [-0.25, -0.2) is 4.79 Å². The minimum atomic E-state index is -0.544. The Bertz CT molecular complexity index is 768. The van der Waals surface area contributed by atoms with Gasteiger partial charge in [0.2, 0.25) is 5.91 Å². The van der Waals surface area contributed by atoms with Gasteiger partial charge in [-0.3, -0.25) is 4.79 Å². The number of nitrogens with one attached hydrogen (secondary N) is 1. The number of ether oxygens (including phenoxy) is 2. The fourth-order valence-corrected chi connectivity index (χ4v) is 3.88. The quantitative estimate of drug-likeness (QED) is 0.798. The first-order valence-corrected chi connectivity index (χ1v) is 9.25. The van der Waals surface area contributed by atoms with Crippen molar-refractivity contribution in [1.29, 1.82) is 0 Å². The van der Waals surface area contributed by atoms with E-state index in [0.717, 1.165) is 22.9 Å². The Morgan fingerprint density at radius 2 is 2.12 bits per heavy atom. The van der Waals surface area contributed by atoms with Crippen LogP contribution in [0.2, 0.25) is 0 Å². The maximum atomic E-state index is 12.4. The Morgan fingerprint density at radius 3 is 2.84 bits per heavy atom. The average Bonchev–Trinajstić information content (AvgIpc) is 3.05. The summed E-state index contributed by atoms with van der Waals surface area (Å²) < 4.78 is 11.3. The molecule has 1 aromatic carbocycles. The van der Waals surface area contributed by atoms with Crippen LogP contribution in [0.25, 0.3) is 10.1 Å². The minimum Gasteiger partial charge on any atom is -0.462 e. The molecule has 0 radical (unpaired) electrons. The van der Waals surface area contributed by atoms with E-state index in [-0.39, 0.29) is 17.8 Å². The smallest absolute Gasteiger partial charge is 0.348 e. The predicted molar refractivity (Wildman–Crippen MR) is 97.9 cm³/mol. The molecule has 1 aliphatic rings. The van der Waals surface area contributed by atoms with E-state index in [2.05, 4.69) is 5.32 Å². The third kappa shape index (κ3) is 4.18. The van der Waals surface area contributed by atoms with E-state index in [1.807, 2.05) is 18.2 Å². The molecule has 3 rings (SSSR count). The highest BCUT2D eigenvalue weighted by Crippen LogP contribution is 2.29. The van der Waals surface area contributed by atoms with Gasteiger partial charge in [-0.2, -0.15) is 0 Å². The molecule has 3 N–H and O–H groups in total. The average molecular weight is 362 g/mol. The number of rotatable bonds is 5. The molecule has 1 saturated heterocycles. The molecule has 0 bridgehead atoms. The number of benzene rings is 1. The number of carbonyl (C=O) groups is 2. The van der Waals surface area contributed by atoms with Crippen LogP contribution in [0.15, 0.2) is 24.3 Å². The van der Waals surface area contributed by atoms with Gasteiger partial charge in [0.05, 0.1) is 12.6 Å². The minimum absolute atomic E-state index is 0.147. The molecule has 1 aromatic heterocycles. The summed E-state index contributed by atoms with van der Waals surface area (Å²) in [7, 11) is 0. The summed E-state index contributed by atoms with van der Waals surface area (Å²) in [5.41, 5.74) is 6.78. The monoisotopic (exact) mass is 362 g/mol. The van der Waals surface area contributed by atoms with Crippen LogP contribution < -0.4 is 11.1 Å². The third-order valence-electron chi connectivity index (χ3n) is 4.34. The number of fused-ring (bicyclic) bond motifs is 1. The molecular weight excluding hydrogens is 340 g/mol. The van der Waals surface area contributed by atoms with Gasteiger partial charge in [0.25, 0.3) is 0 Å². The Morgan fingerprint density at radius 1 is 1.36 bits per heavy atom. The highest BCUT2D eigenvalue weighted by Gasteiger charge is 2.26. The molecule has 6 nitrogen and oxygen atoms in total. The van der Waals surface area contributed by atoms with Gasteiger partial charge in [0.1, 0.15) is 4.88 Å². The van der Waals surface area contributed by atoms with Crippen LogP contribution in [0.5, 0.6) is 0 Å². The lowest BCUT2D eigenvalue weighted by Crippen LogP contribution is -2.43. The maximum absolute atomic E-state index is 12.4.